The summed E-state index contributed by atoms with van der Waals surface area (Å²) in [5.41, 5.74) is 1.99. The predicted octanol–water partition coefficient (Wildman–Crippen LogP) is 2.75. The molecule has 14 nitrogen and oxygen atoms in total. The molecule has 0 aromatic heterocycles. The Kier molecular flexibility index (Phi) is 11.1. The molecule has 0 radical (unpaired) electrons. The van der Waals surface area contributed by atoms with E-state index in [-0.39, 0.29) is 74.0 Å². The van der Waals surface area contributed by atoms with Crippen LogP contribution in [0.1, 0.15) is 97.3 Å². The van der Waals surface area contributed by atoms with E-state index < -0.39 is 85.0 Å². The minimum atomic E-state index is -1.51. The third-order valence-electron chi connectivity index (χ3n) is 14.4. The SMILES string of the molecule is C=C1C[C@@H]2CCC(=O)C[C@]34O[C@@H]5[C@H](O3)[C@@H](O[C@H]3CC[C@H](CC(=O)O[C@@H]6[C@@H](C)[C@@H]7O[C@H](CCO)[C@H](O)C[C@@H]7O[C@H]6C[C@H]6O[C@@H](CC[C@@H]1O2)C[C@@H](C)C6=C)O[C@H]53)[C@H]4O. The molecule has 20 atom stereocenters. The first-order valence-corrected chi connectivity index (χ1v) is 21.2. The van der Waals surface area contributed by atoms with Gasteiger partial charge in [0.25, 0.3) is 0 Å². The summed E-state index contributed by atoms with van der Waals surface area (Å²) in [5.74, 6) is -2.12. The van der Waals surface area contributed by atoms with Crippen LogP contribution >= 0.6 is 0 Å². The molecular weight excluding hydrogens is 728 g/mol. The molecule has 3 N–H and O–H groups in total. The van der Waals surface area contributed by atoms with E-state index in [1.165, 1.54) is 0 Å². The van der Waals surface area contributed by atoms with Crippen molar-refractivity contribution in [3.05, 3.63) is 24.3 Å². The summed E-state index contributed by atoms with van der Waals surface area (Å²) in [6.07, 6.45) is -2.57. The van der Waals surface area contributed by atoms with Gasteiger partial charge in [0, 0.05) is 31.8 Å². The first kappa shape index (κ1) is 39.6. The molecule has 0 unspecified atom stereocenters. The molecule has 9 rings (SSSR count). The number of aliphatic hydroxyl groups excluding tert-OH is 3. The van der Waals surface area contributed by atoms with Crippen molar-refractivity contribution >= 4 is 11.8 Å². The lowest BCUT2D eigenvalue weighted by molar-refractivity contribution is -0.298. The maximum absolute atomic E-state index is 13.9. The van der Waals surface area contributed by atoms with Gasteiger partial charge in [-0.25, -0.2) is 0 Å². The Bertz CT molecular complexity index is 1520. The lowest BCUT2D eigenvalue weighted by atomic mass is 9.79. The van der Waals surface area contributed by atoms with Gasteiger partial charge in [0.05, 0.1) is 80.0 Å². The van der Waals surface area contributed by atoms with E-state index >= 15 is 0 Å². The Labute approximate surface area is 328 Å². The molecule has 9 bridgehead atoms. The number of Topliss-reactive ketones (excluding diaryl/α,β-unsaturated/α-hetero) is 1. The summed E-state index contributed by atoms with van der Waals surface area (Å²) in [4.78, 5) is 27.4. The largest absolute Gasteiger partial charge is 0.459 e. The molecule has 9 heterocycles. The highest BCUT2D eigenvalue weighted by Crippen LogP contribution is 2.53. The fourth-order valence-corrected chi connectivity index (χ4v) is 11.3. The van der Waals surface area contributed by atoms with E-state index in [0.717, 1.165) is 30.4 Å². The summed E-state index contributed by atoms with van der Waals surface area (Å²) in [5, 5.41) is 31.9. The number of aliphatic hydroxyl groups is 3. The molecule has 56 heavy (non-hydrogen) atoms. The van der Waals surface area contributed by atoms with Crippen molar-refractivity contribution in [2.45, 2.75) is 207 Å². The van der Waals surface area contributed by atoms with Gasteiger partial charge in [0.15, 0.2) is 0 Å². The van der Waals surface area contributed by atoms with Crippen LogP contribution in [0.25, 0.3) is 0 Å². The highest BCUT2D eigenvalue weighted by Gasteiger charge is 2.71. The fourth-order valence-electron chi connectivity index (χ4n) is 11.3. The third-order valence-corrected chi connectivity index (χ3v) is 14.4. The number of hydrogen-bond acceptors (Lipinski definition) is 14. The number of rotatable bonds is 2. The van der Waals surface area contributed by atoms with Gasteiger partial charge in [-0.1, -0.05) is 27.0 Å². The molecule has 1 spiro atoms. The van der Waals surface area contributed by atoms with Crippen molar-refractivity contribution in [2.24, 2.45) is 11.8 Å². The number of ether oxygens (including phenoxy) is 9. The van der Waals surface area contributed by atoms with Gasteiger partial charge in [-0.3, -0.25) is 9.59 Å². The minimum Gasteiger partial charge on any atom is -0.459 e. The molecule has 0 aromatic carbocycles. The van der Waals surface area contributed by atoms with Crippen molar-refractivity contribution in [1.29, 1.82) is 0 Å². The molecular formula is C42H60O14. The van der Waals surface area contributed by atoms with Crippen LogP contribution in [0.2, 0.25) is 0 Å². The molecule has 14 heteroatoms. The molecule has 0 aliphatic carbocycles. The smallest absolute Gasteiger partial charge is 0.308 e. The molecule has 0 saturated carbocycles. The normalized spacial score (nSPS) is 52.3. The quantitative estimate of drug-likeness (QED) is 0.275. The fraction of sp³-hybridized carbons (Fsp3) is 0.857. The second-order valence-corrected chi connectivity index (χ2v) is 18.2. The Morgan fingerprint density at radius 3 is 2.23 bits per heavy atom. The van der Waals surface area contributed by atoms with Crippen LogP contribution in [0.5, 0.6) is 0 Å². The van der Waals surface area contributed by atoms with Crippen LogP contribution in [0.4, 0.5) is 0 Å². The summed E-state index contributed by atoms with van der Waals surface area (Å²) in [6, 6.07) is 0. The van der Waals surface area contributed by atoms with Gasteiger partial charge in [-0.15, -0.1) is 0 Å². The Morgan fingerprint density at radius 2 is 1.43 bits per heavy atom. The third kappa shape index (κ3) is 7.26. The van der Waals surface area contributed by atoms with Crippen LogP contribution in [-0.4, -0.2) is 143 Å². The number of esters is 1. The highest BCUT2D eigenvalue weighted by atomic mass is 16.8. The van der Waals surface area contributed by atoms with E-state index in [1.807, 2.05) is 6.92 Å². The Hall–Kier alpha value is -1.82. The Balaban J connectivity index is 0.974. The molecule has 9 saturated heterocycles. The molecule has 9 aliphatic rings. The first-order chi connectivity index (χ1) is 26.9. The number of ketones is 1. The lowest BCUT2D eigenvalue weighted by Crippen LogP contribution is -2.66. The zero-order valence-corrected chi connectivity index (χ0v) is 32.6. The second kappa shape index (κ2) is 15.7. The minimum absolute atomic E-state index is 0.00463. The topological polar surface area (TPSA) is 178 Å². The highest BCUT2D eigenvalue weighted by molar-refractivity contribution is 5.79. The molecule has 9 fully saturated rings. The lowest BCUT2D eigenvalue weighted by Gasteiger charge is -2.51. The van der Waals surface area contributed by atoms with Crippen LogP contribution in [0.3, 0.4) is 0 Å². The van der Waals surface area contributed by atoms with Crippen LogP contribution in [-0.2, 0) is 52.2 Å². The summed E-state index contributed by atoms with van der Waals surface area (Å²) in [7, 11) is 0. The van der Waals surface area contributed by atoms with Gasteiger partial charge in [0.2, 0.25) is 5.79 Å². The average Bonchev–Trinajstić information content (AvgIpc) is 3.81. The zero-order chi connectivity index (χ0) is 39.0. The molecule has 312 valence electrons. The van der Waals surface area contributed by atoms with E-state index in [2.05, 4.69) is 20.1 Å². The second-order valence-electron chi connectivity index (χ2n) is 18.2. The number of fused-ring (bicyclic) bond motifs is 7. The van der Waals surface area contributed by atoms with E-state index in [9.17, 15) is 24.9 Å². The summed E-state index contributed by atoms with van der Waals surface area (Å²) >= 11 is 0. The van der Waals surface area contributed by atoms with Crippen LogP contribution < -0.4 is 0 Å². The van der Waals surface area contributed by atoms with E-state index in [1.54, 1.807) is 0 Å². The average molecular weight is 789 g/mol. The van der Waals surface area contributed by atoms with Crippen molar-refractivity contribution < 1.29 is 67.5 Å². The van der Waals surface area contributed by atoms with Crippen molar-refractivity contribution in [1.82, 2.24) is 0 Å². The number of hydrogen-bond donors (Lipinski definition) is 3. The number of carbonyl (C=O) groups excluding carboxylic acids is 2. The molecule has 9 aliphatic heterocycles. The number of carbonyl (C=O) groups is 2. The summed E-state index contributed by atoms with van der Waals surface area (Å²) in [6.45, 7) is 12.8. The summed E-state index contributed by atoms with van der Waals surface area (Å²) < 4.78 is 58.3. The van der Waals surface area contributed by atoms with Gasteiger partial charge >= 0.3 is 5.97 Å². The van der Waals surface area contributed by atoms with Crippen molar-refractivity contribution in [3.63, 3.8) is 0 Å². The van der Waals surface area contributed by atoms with Gasteiger partial charge < -0.3 is 58.0 Å². The van der Waals surface area contributed by atoms with E-state index in [4.69, 9.17) is 42.6 Å². The maximum Gasteiger partial charge on any atom is 0.308 e. The first-order valence-electron chi connectivity index (χ1n) is 21.2. The van der Waals surface area contributed by atoms with E-state index in [0.29, 0.717) is 44.9 Å². The zero-order valence-electron chi connectivity index (χ0n) is 32.6. The van der Waals surface area contributed by atoms with Crippen LogP contribution in [0, 0.1) is 11.8 Å². The Morgan fingerprint density at radius 1 is 0.696 bits per heavy atom. The van der Waals surface area contributed by atoms with Crippen molar-refractivity contribution in [2.75, 3.05) is 6.61 Å². The standard InChI is InChI=1S/C42H60O14/c1-19-13-25-7-9-28-20(2)14-24(48-28)6-5-23(44)18-42-41(47)40-39(56-42)38(55-42)37-30(53-40)10-8-26(50-37)15-34(46)54-36-22(4)35-32(16-27(45)29(52-35)11-12-43)51-33(36)17-31(49-25)21(19)3/h19,22,24-33,35-41,43,45,47H,2-3,5-18H2,1,4H3/t19-,22+,24+,25+,26-,27-,28+,29-,30+,31-,32+,33+,35+,36-,37+,38+,39+,40-,41-,42+/m1/s1. The maximum atomic E-state index is 13.9. The van der Waals surface area contributed by atoms with Crippen molar-refractivity contribution in [3.8, 4) is 0 Å². The predicted molar refractivity (Wildman–Crippen MR) is 195 cm³/mol. The van der Waals surface area contributed by atoms with Gasteiger partial charge in [0.1, 0.15) is 42.4 Å². The van der Waals surface area contributed by atoms with Gasteiger partial charge in [-0.2, -0.15) is 0 Å². The molecule has 0 amide bonds. The monoisotopic (exact) mass is 788 g/mol. The molecule has 0 aromatic rings. The van der Waals surface area contributed by atoms with Gasteiger partial charge in [-0.05, 0) is 68.4 Å². The van der Waals surface area contributed by atoms with Crippen LogP contribution in [0.15, 0.2) is 24.3 Å².